The summed E-state index contributed by atoms with van der Waals surface area (Å²) in [5.41, 5.74) is 0.794. The van der Waals surface area contributed by atoms with Crippen molar-refractivity contribution >= 4 is 12.1 Å². The summed E-state index contributed by atoms with van der Waals surface area (Å²) >= 11 is 0. The van der Waals surface area contributed by atoms with Gasteiger partial charge in [0.25, 0.3) is 0 Å². The third-order valence-electron chi connectivity index (χ3n) is 4.35. The van der Waals surface area contributed by atoms with E-state index in [1.807, 2.05) is 24.3 Å². The molecular formula is C21H35NO2. The molecule has 0 atom stereocenters. The van der Waals surface area contributed by atoms with Gasteiger partial charge < -0.3 is 10.1 Å². The van der Waals surface area contributed by atoms with Crippen LogP contribution in [0.25, 0.3) is 0 Å². The molecule has 0 heterocycles. The van der Waals surface area contributed by atoms with Gasteiger partial charge in [-0.05, 0) is 30.7 Å². The summed E-state index contributed by atoms with van der Waals surface area (Å²) in [6.07, 6.45) is 17.0. The monoisotopic (exact) mass is 333 g/mol. The fourth-order valence-electron chi connectivity index (χ4n) is 2.85. The fourth-order valence-corrected chi connectivity index (χ4v) is 2.85. The molecular weight excluding hydrogens is 298 g/mol. The van der Waals surface area contributed by atoms with Gasteiger partial charge in [0.15, 0.2) is 0 Å². The van der Waals surface area contributed by atoms with Crippen LogP contribution < -0.4 is 10.1 Å². The van der Waals surface area contributed by atoms with Crippen LogP contribution in [0.1, 0.15) is 84.0 Å². The first-order chi connectivity index (χ1) is 11.9. The molecule has 0 saturated carbocycles. The number of carbonyl (C=O) groups excluding carboxylic acids is 1. The Balaban J connectivity index is 1.86. The molecule has 0 spiro atoms. The molecule has 0 aliphatic rings. The topological polar surface area (TPSA) is 38.3 Å². The van der Waals surface area contributed by atoms with Crippen LogP contribution in [-0.4, -0.2) is 13.0 Å². The van der Waals surface area contributed by atoms with Gasteiger partial charge in [-0.2, -0.15) is 0 Å². The van der Waals surface area contributed by atoms with Crippen LogP contribution in [0.5, 0.6) is 5.75 Å². The van der Waals surface area contributed by atoms with Crippen molar-refractivity contribution in [1.82, 2.24) is 0 Å². The first-order valence-electron chi connectivity index (χ1n) is 9.80. The quantitative estimate of drug-likeness (QED) is 0.283. The minimum absolute atomic E-state index is 0.683. The molecule has 0 aliphatic heterocycles. The standard InChI is InChI=1S/C21H35NO2/c1-2-3-4-5-6-7-8-9-10-11-12-13-18-24-21-16-14-20(15-17-21)22-19-23/h14-17,19H,2-13,18H2,1H3,(H,22,23). The second-order valence-corrected chi connectivity index (χ2v) is 6.52. The predicted octanol–water partition coefficient (Wildman–Crippen LogP) is 6.33. The first-order valence-corrected chi connectivity index (χ1v) is 9.80. The molecule has 0 aliphatic carbocycles. The smallest absolute Gasteiger partial charge is 0.211 e. The summed E-state index contributed by atoms with van der Waals surface area (Å²) in [6, 6.07) is 7.50. The normalized spacial score (nSPS) is 10.5. The summed E-state index contributed by atoms with van der Waals surface area (Å²) in [5, 5.41) is 2.62. The number of hydrogen-bond donors (Lipinski definition) is 1. The van der Waals surface area contributed by atoms with E-state index in [0.29, 0.717) is 6.41 Å². The Kier molecular flexibility index (Phi) is 12.9. The van der Waals surface area contributed by atoms with E-state index >= 15 is 0 Å². The maximum absolute atomic E-state index is 10.3. The molecule has 1 rings (SSSR count). The second kappa shape index (κ2) is 15.0. The summed E-state index contributed by atoms with van der Waals surface area (Å²) in [7, 11) is 0. The third-order valence-corrected chi connectivity index (χ3v) is 4.35. The van der Waals surface area contributed by atoms with Crippen LogP contribution >= 0.6 is 0 Å². The number of ether oxygens (including phenoxy) is 1. The molecule has 0 fully saturated rings. The first kappa shape index (κ1) is 20.5. The van der Waals surface area contributed by atoms with Gasteiger partial charge in [0.05, 0.1) is 6.61 Å². The molecule has 0 bridgehead atoms. The molecule has 0 saturated heterocycles. The lowest BCUT2D eigenvalue weighted by Gasteiger charge is -2.07. The zero-order valence-corrected chi connectivity index (χ0v) is 15.4. The van der Waals surface area contributed by atoms with E-state index in [-0.39, 0.29) is 0 Å². The van der Waals surface area contributed by atoms with E-state index in [2.05, 4.69) is 12.2 Å². The van der Waals surface area contributed by atoms with Gasteiger partial charge in [-0.25, -0.2) is 0 Å². The number of amides is 1. The van der Waals surface area contributed by atoms with Gasteiger partial charge in [-0.1, -0.05) is 77.6 Å². The molecule has 3 nitrogen and oxygen atoms in total. The fraction of sp³-hybridized carbons (Fsp3) is 0.667. The Bertz CT molecular complexity index is 403. The maximum atomic E-state index is 10.3. The highest BCUT2D eigenvalue weighted by Gasteiger charge is 1.96. The molecule has 1 N–H and O–H groups in total. The SMILES string of the molecule is CCCCCCCCCCCCCCOc1ccc(NC=O)cc1. The van der Waals surface area contributed by atoms with Crippen LogP contribution in [0.2, 0.25) is 0 Å². The number of carbonyl (C=O) groups is 1. The molecule has 136 valence electrons. The second-order valence-electron chi connectivity index (χ2n) is 6.52. The predicted molar refractivity (Wildman–Crippen MR) is 103 cm³/mol. The van der Waals surface area contributed by atoms with Crippen LogP contribution in [0, 0.1) is 0 Å². The largest absolute Gasteiger partial charge is 0.494 e. The average molecular weight is 334 g/mol. The van der Waals surface area contributed by atoms with Crippen molar-refractivity contribution in [2.75, 3.05) is 11.9 Å². The summed E-state index contributed by atoms with van der Waals surface area (Å²) in [5.74, 6) is 0.870. The maximum Gasteiger partial charge on any atom is 0.211 e. The minimum Gasteiger partial charge on any atom is -0.494 e. The van der Waals surface area contributed by atoms with Crippen LogP contribution in [0.3, 0.4) is 0 Å². The molecule has 0 radical (unpaired) electrons. The summed E-state index contributed by atoms with van der Waals surface area (Å²) in [6.45, 7) is 3.05. The Morgan fingerprint density at radius 2 is 1.29 bits per heavy atom. The van der Waals surface area contributed by atoms with Crippen molar-refractivity contribution in [2.45, 2.75) is 84.0 Å². The van der Waals surface area contributed by atoms with Crippen molar-refractivity contribution in [3.8, 4) is 5.75 Å². The van der Waals surface area contributed by atoms with E-state index < -0.39 is 0 Å². The summed E-state index contributed by atoms with van der Waals surface area (Å²) < 4.78 is 5.71. The molecule has 1 amide bonds. The molecule has 1 aromatic carbocycles. The number of anilines is 1. The van der Waals surface area contributed by atoms with E-state index in [1.54, 1.807) is 0 Å². The summed E-state index contributed by atoms with van der Waals surface area (Å²) in [4.78, 5) is 10.3. The van der Waals surface area contributed by atoms with E-state index in [1.165, 1.54) is 70.6 Å². The lowest BCUT2D eigenvalue weighted by Crippen LogP contribution is -1.98. The minimum atomic E-state index is 0.683. The van der Waals surface area contributed by atoms with Crippen molar-refractivity contribution in [3.63, 3.8) is 0 Å². The van der Waals surface area contributed by atoms with Gasteiger partial charge in [0, 0.05) is 5.69 Å². The van der Waals surface area contributed by atoms with Crippen molar-refractivity contribution in [2.24, 2.45) is 0 Å². The molecule has 3 heteroatoms. The number of rotatable bonds is 16. The van der Waals surface area contributed by atoms with Crippen molar-refractivity contribution < 1.29 is 9.53 Å². The van der Waals surface area contributed by atoms with Crippen molar-refractivity contribution in [1.29, 1.82) is 0 Å². The molecule has 1 aromatic rings. The molecule has 0 aromatic heterocycles. The highest BCUT2D eigenvalue weighted by Crippen LogP contribution is 2.16. The Labute approximate surface area is 148 Å². The number of unbranched alkanes of at least 4 members (excludes halogenated alkanes) is 11. The zero-order valence-electron chi connectivity index (χ0n) is 15.4. The van der Waals surface area contributed by atoms with Gasteiger partial charge in [-0.15, -0.1) is 0 Å². The average Bonchev–Trinajstić information content (AvgIpc) is 2.60. The lowest BCUT2D eigenvalue weighted by molar-refractivity contribution is -0.105. The van der Waals surface area contributed by atoms with E-state index in [0.717, 1.165) is 24.5 Å². The van der Waals surface area contributed by atoms with Crippen molar-refractivity contribution in [3.05, 3.63) is 24.3 Å². The Hall–Kier alpha value is -1.51. The van der Waals surface area contributed by atoms with Crippen LogP contribution in [0.15, 0.2) is 24.3 Å². The number of nitrogens with one attached hydrogen (secondary N) is 1. The van der Waals surface area contributed by atoms with E-state index in [4.69, 9.17) is 4.74 Å². The highest BCUT2D eigenvalue weighted by atomic mass is 16.5. The zero-order chi connectivity index (χ0) is 17.3. The molecule has 24 heavy (non-hydrogen) atoms. The number of benzene rings is 1. The van der Waals surface area contributed by atoms with Gasteiger partial charge in [-0.3, -0.25) is 4.79 Å². The third kappa shape index (κ3) is 11.1. The van der Waals surface area contributed by atoms with E-state index in [9.17, 15) is 4.79 Å². The Morgan fingerprint density at radius 1 is 0.792 bits per heavy atom. The number of hydrogen-bond acceptors (Lipinski definition) is 2. The molecule has 0 unspecified atom stereocenters. The van der Waals surface area contributed by atoms with Gasteiger partial charge in [0.1, 0.15) is 5.75 Å². The van der Waals surface area contributed by atoms with Gasteiger partial charge >= 0.3 is 0 Å². The lowest BCUT2D eigenvalue weighted by atomic mass is 10.1. The van der Waals surface area contributed by atoms with Gasteiger partial charge in [0.2, 0.25) is 6.41 Å². The Morgan fingerprint density at radius 3 is 1.79 bits per heavy atom. The van der Waals surface area contributed by atoms with Crippen LogP contribution in [0.4, 0.5) is 5.69 Å². The highest BCUT2D eigenvalue weighted by molar-refractivity contribution is 5.71. The van der Waals surface area contributed by atoms with Crippen LogP contribution in [-0.2, 0) is 4.79 Å².